The summed E-state index contributed by atoms with van der Waals surface area (Å²) in [5.74, 6) is -2.13. The molecule has 0 radical (unpaired) electrons. The van der Waals surface area contributed by atoms with Crippen LogP contribution in [0.5, 0.6) is 11.5 Å². The van der Waals surface area contributed by atoms with Gasteiger partial charge >= 0.3 is 6.09 Å². The zero-order chi connectivity index (χ0) is 41.2. The number of allylic oxidation sites excluding steroid dienone is 1. The molecule has 2 aromatic carbocycles. The van der Waals surface area contributed by atoms with Gasteiger partial charge in [0.1, 0.15) is 18.6 Å². The molecule has 1 aliphatic heterocycles. The Morgan fingerprint density at radius 2 is 1.79 bits per heavy atom. The van der Waals surface area contributed by atoms with Gasteiger partial charge in [0, 0.05) is 56.8 Å². The first-order valence-corrected chi connectivity index (χ1v) is 21.4. The molecule has 6 atom stereocenters. The lowest BCUT2D eigenvalue weighted by Gasteiger charge is -2.59. The molecule has 2 amide bonds. The van der Waals surface area contributed by atoms with Crippen molar-refractivity contribution in [1.82, 2.24) is 9.62 Å². The van der Waals surface area contributed by atoms with Crippen molar-refractivity contribution < 1.29 is 47.3 Å². The lowest BCUT2D eigenvalue weighted by molar-refractivity contribution is -0.251. The zero-order valence-electron chi connectivity index (χ0n) is 33.4. The van der Waals surface area contributed by atoms with Crippen LogP contribution < -0.4 is 20.1 Å². The van der Waals surface area contributed by atoms with Crippen molar-refractivity contribution in [1.29, 1.82) is 0 Å². The van der Waals surface area contributed by atoms with Crippen LogP contribution in [0.1, 0.15) is 83.6 Å². The van der Waals surface area contributed by atoms with E-state index in [9.17, 15) is 28.2 Å². The summed E-state index contributed by atoms with van der Waals surface area (Å²) >= 11 is 0. The molecule has 2 aliphatic carbocycles. The number of amides is 2. The van der Waals surface area contributed by atoms with E-state index in [1.807, 2.05) is 13.0 Å². The number of nitrogens with one attached hydrogen (secondary N) is 2. The third-order valence-corrected chi connectivity index (χ3v) is 12.9. The van der Waals surface area contributed by atoms with Crippen molar-refractivity contribution in [2.24, 2.45) is 22.9 Å². The van der Waals surface area contributed by atoms with Crippen molar-refractivity contribution in [3.8, 4) is 11.5 Å². The molecule has 3 aliphatic rings. The van der Waals surface area contributed by atoms with Gasteiger partial charge in [0.15, 0.2) is 0 Å². The Labute approximate surface area is 336 Å². The smallest absolute Gasteiger partial charge is 0.412 e. The fourth-order valence-electron chi connectivity index (χ4n) is 8.80. The lowest BCUT2D eigenvalue weighted by atomic mass is 9.55. The largest absolute Gasteiger partial charge is 0.460 e. The maximum absolute atomic E-state index is 15.0. The van der Waals surface area contributed by atoms with Gasteiger partial charge in [-0.1, -0.05) is 37.1 Å². The summed E-state index contributed by atoms with van der Waals surface area (Å²) in [5, 5.41) is 29.5. The number of benzene rings is 2. The monoisotopic (exact) mass is 810 g/mol. The molecular formula is C42H58N4O10S. The number of rotatable bonds is 20. The Morgan fingerprint density at radius 1 is 1.07 bits per heavy atom. The van der Waals surface area contributed by atoms with Gasteiger partial charge in [0.2, 0.25) is 21.7 Å². The van der Waals surface area contributed by atoms with Gasteiger partial charge in [-0.2, -0.15) is 4.31 Å². The summed E-state index contributed by atoms with van der Waals surface area (Å²) in [6.07, 6.45) is 7.99. The van der Waals surface area contributed by atoms with Crippen molar-refractivity contribution >= 4 is 33.4 Å². The SMILES string of the molecule is C=CCOC12Oc3ccc(OC(=O)NCC)cc3C3C(CCCCO)C(CCCCO)C=C(C(=NOC)CC1N(CCC)S(=O)(=O)c1ccc(NC(C)=O)cc1)C32. The van der Waals surface area contributed by atoms with Crippen LogP contribution in [0.25, 0.3) is 0 Å². The number of fused-ring (bicyclic) bond motifs is 2. The summed E-state index contributed by atoms with van der Waals surface area (Å²) in [5.41, 5.74) is 2.63. The van der Waals surface area contributed by atoms with Crippen LogP contribution >= 0.6 is 0 Å². The highest BCUT2D eigenvalue weighted by molar-refractivity contribution is 7.89. The van der Waals surface area contributed by atoms with Crippen molar-refractivity contribution in [2.45, 2.75) is 94.8 Å². The summed E-state index contributed by atoms with van der Waals surface area (Å²) in [6, 6.07) is 10.3. The summed E-state index contributed by atoms with van der Waals surface area (Å²) in [7, 11) is -2.78. The summed E-state index contributed by atoms with van der Waals surface area (Å²) in [6.45, 7) is 9.68. The van der Waals surface area contributed by atoms with E-state index in [4.69, 9.17) is 19.0 Å². The van der Waals surface area contributed by atoms with Crippen molar-refractivity contribution in [2.75, 3.05) is 45.3 Å². The Bertz CT molecular complexity index is 1880. The lowest BCUT2D eigenvalue weighted by Crippen LogP contribution is -2.70. The number of carbonyl (C=O) groups is 2. The molecule has 1 fully saturated rings. The standard InChI is InChI=1S/C42H58N4O10S/c1-6-21-46(57(51,52)32-18-15-30(16-19-32)44-28(4)49)38-27-36(45-53-5)34-25-29(13-9-11-22-47)33(14-10-12-23-48)39-35-26-31(55-41(50)43-8-3)17-20-37(35)56-42(38,40(34)39)54-24-7-2/h7,15-20,25-26,29,33,38-40,47-48H,2,6,8-14,21-24,27H2,1,3-5H3,(H,43,50)(H,44,49). The van der Waals surface area contributed by atoms with Crippen molar-refractivity contribution in [3.05, 3.63) is 72.3 Å². The minimum absolute atomic E-state index is 0.00118. The Hall–Kier alpha value is -4.28. The highest BCUT2D eigenvalue weighted by Crippen LogP contribution is 2.62. The molecule has 0 saturated heterocycles. The third kappa shape index (κ3) is 9.55. The predicted octanol–water partition coefficient (Wildman–Crippen LogP) is 6.12. The predicted molar refractivity (Wildman–Crippen MR) is 217 cm³/mol. The van der Waals surface area contributed by atoms with E-state index >= 15 is 0 Å². The van der Waals surface area contributed by atoms with E-state index < -0.39 is 33.9 Å². The minimum Gasteiger partial charge on any atom is -0.460 e. The van der Waals surface area contributed by atoms with Crippen LogP contribution in [0.15, 0.2) is 76.8 Å². The van der Waals surface area contributed by atoms with E-state index in [1.54, 1.807) is 37.3 Å². The fourth-order valence-corrected chi connectivity index (χ4v) is 10.5. The number of sulfonamides is 1. The first-order chi connectivity index (χ1) is 27.5. The molecule has 5 rings (SSSR count). The molecule has 4 N–H and O–H groups in total. The second kappa shape index (κ2) is 19.9. The highest BCUT2D eigenvalue weighted by Gasteiger charge is 2.66. The molecule has 0 bridgehead atoms. The molecule has 15 heteroatoms. The molecular weight excluding hydrogens is 753 g/mol. The Balaban J connectivity index is 1.78. The molecule has 2 aromatic rings. The van der Waals surface area contributed by atoms with Gasteiger partial charge in [-0.25, -0.2) is 13.2 Å². The first-order valence-electron chi connectivity index (χ1n) is 20.0. The number of carbonyl (C=O) groups excluding carboxylic acids is 2. The van der Waals surface area contributed by atoms with Gasteiger partial charge < -0.3 is 39.9 Å². The van der Waals surface area contributed by atoms with Gasteiger partial charge in [0.25, 0.3) is 0 Å². The normalized spacial score (nSPS) is 24.4. The first kappa shape index (κ1) is 43.8. The Morgan fingerprint density at radius 3 is 2.42 bits per heavy atom. The van der Waals surface area contributed by atoms with Crippen LogP contribution in [-0.4, -0.2) is 92.5 Å². The Kier molecular flexibility index (Phi) is 15.3. The maximum atomic E-state index is 15.0. The molecule has 1 heterocycles. The third-order valence-electron chi connectivity index (χ3n) is 11.0. The number of ether oxygens (including phenoxy) is 3. The van der Waals surface area contributed by atoms with E-state index in [1.165, 1.54) is 30.5 Å². The molecule has 6 unspecified atom stereocenters. The van der Waals surface area contributed by atoms with Crippen molar-refractivity contribution in [3.63, 3.8) is 0 Å². The molecule has 57 heavy (non-hydrogen) atoms. The second-order valence-electron chi connectivity index (χ2n) is 14.7. The number of aliphatic hydroxyl groups excluding tert-OH is 2. The van der Waals surface area contributed by atoms with Gasteiger partial charge in [-0.15, -0.1) is 6.58 Å². The maximum Gasteiger partial charge on any atom is 0.412 e. The van der Waals surface area contributed by atoms with E-state index in [-0.39, 0.29) is 61.3 Å². The number of aliphatic hydroxyl groups is 2. The molecule has 1 saturated carbocycles. The number of unbranched alkanes of at least 4 members (excludes halogenated alkanes) is 2. The molecule has 14 nitrogen and oxygen atoms in total. The van der Waals surface area contributed by atoms with E-state index in [0.717, 1.165) is 30.4 Å². The van der Waals surface area contributed by atoms with Crippen LogP contribution in [-0.2, 0) is 24.4 Å². The number of nitrogens with zero attached hydrogens (tertiary/aromatic N) is 2. The fraction of sp³-hybridized carbons (Fsp3) is 0.548. The summed E-state index contributed by atoms with van der Waals surface area (Å²) in [4.78, 5) is 29.9. The van der Waals surface area contributed by atoms with Crippen LogP contribution in [0.4, 0.5) is 10.5 Å². The second-order valence-corrected chi connectivity index (χ2v) is 16.6. The van der Waals surface area contributed by atoms with Crippen LogP contribution in [0.3, 0.4) is 0 Å². The topological polar surface area (TPSA) is 185 Å². The average Bonchev–Trinajstić information content (AvgIpc) is 3.18. The summed E-state index contributed by atoms with van der Waals surface area (Å²) < 4.78 is 51.2. The number of hydrogen-bond acceptors (Lipinski definition) is 11. The van der Waals surface area contributed by atoms with Gasteiger partial charge in [0.05, 0.1) is 29.2 Å². The van der Waals surface area contributed by atoms with E-state index in [0.29, 0.717) is 55.1 Å². The molecule has 312 valence electrons. The van der Waals surface area contributed by atoms with E-state index in [2.05, 4.69) is 28.4 Å². The van der Waals surface area contributed by atoms with Crippen LogP contribution in [0.2, 0.25) is 0 Å². The zero-order valence-corrected chi connectivity index (χ0v) is 34.3. The average molecular weight is 811 g/mol. The number of oxime groups is 1. The highest BCUT2D eigenvalue weighted by atomic mass is 32.2. The van der Waals surface area contributed by atoms with Gasteiger partial charge in [-0.3, -0.25) is 4.79 Å². The number of anilines is 1. The number of hydrogen-bond donors (Lipinski definition) is 4. The van der Waals surface area contributed by atoms with Crippen LogP contribution in [0, 0.1) is 17.8 Å². The minimum atomic E-state index is -4.24. The quantitative estimate of drug-likeness (QED) is 0.0691. The van der Waals surface area contributed by atoms with Gasteiger partial charge in [-0.05, 0) is 98.9 Å². The molecule has 0 spiro atoms. The molecule has 0 aromatic heterocycles.